The van der Waals surface area contributed by atoms with E-state index < -0.39 is 27.7 Å². The molecule has 0 aromatic rings. The first-order valence-corrected chi connectivity index (χ1v) is 17.1. The lowest BCUT2D eigenvalue weighted by Crippen LogP contribution is -2.68. The smallest absolute Gasteiger partial charge is 0.335 e. The van der Waals surface area contributed by atoms with Crippen molar-refractivity contribution in [3.63, 3.8) is 0 Å². The largest absolute Gasteiger partial charge is 0.433 e. The molecule has 26 heavy (non-hydrogen) atoms. The zero-order chi connectivity index (χ0) is 20.3. The molecule has 0 amide bonds. The van der Waals surface area contributed by atoms with E-state index in [1.165, 1.54) is 6.04 Å². The van der Waals surface area contributed by atoms with Crippen molar-refractivity contribution in [2.75, 3.05) is 0 Å². The average Bonchev–Trinajstić information content (AvgIpc) is 2.47. The summed E-state index contributed by atoms with van der Waals surface area (Å²) in [5.41, 5.74) is 0.117. The van der Waals surface area contributed by atoms with Crippen LogP contribution < -0.4 is 0 Å². The highest BCUT2D eigenvalue weighted by Gasteiger charge is 2.56. The SMILES string of the molecule is C=C(C)C(=O)OC(C)OC(CC)C1(CC(C)C)CC[Si](C)(C)[Si](C)(C)O1. The van der Waals surface area contributed by atoms with Gasteiger partial charge in [0.05, 0.1) is 19.3 Å². The summed E-state index contributed by atoms with van der Waals surface area (Å²) in [5.74, 6) is 0.117. The fourth-order valence-corrected chi connectivity index (χ4v) is 10.7. The van der Waals surface area contributed by atoms with E-state index in [1.54, 1.807) is 13.8 Å². The van der Waals surface area contributed by atoms with E-state index in [0.29, 0.717) is 11.5 Å². The first-order valence-electron chi connectivity index (χ1n) is 9.98. The summed E-state index contributed by atoms with van der Waals surface area (Å²) < 4.78 is 18.6. The maximum absolute atomic E-state index is 11.8. The van der Waals surface area contributed by atoms with Crippen molar-refractivity contribution >= 4 is 21.4 Å². The van der Waals surface area contributed by atoms with Crippen LogP contribution in [0.2, 0.25) is 32.2 Å². The van der Waals surface area contributed by atoms with E-state index in [-0.39, 0.29) is 11.7 Å². The van der Waals surface area contributed by atoms with Gasteiger partial charge in [-0.05, 0) is 52.1 Å². The molecule has 0 aromatic carbocycles. The number of rotatable bonds is 8. The number of esters is 1. The minimum absolute atomic E-state index is 0.0744. The summed E-state index contributed by atoms with van der Waals surface area (Å²) in [5, 5.41) is 0. The van der Waals surface area contributed by atoms with Crippen molar-refractivity contribution in [2.24, 2.45) is 5.92 Å². The van der Waals surface area contributed by atoms with E-state index in [2.05, 4.69) is 53.5 Å². The monoisotopic (exact) mass is 400 g/mol. The molecule has 1 aliphatic heterocycles. The lowest BCUT2D eigenvalue weighted by molar-refractivity contribution is -0.209. The van der Waals surface area contributed by atoms with Crippen LogP contribution in [-0.2, 0) is 18.7 Å². The van der Waals surface area contributed by atoms with Crippen molar-refractivity contribution in [1.82, 2.24) is 0 Å². The van der Waals surface area contributed by atoms with E-state index in [4.69, 9.17) is 13.9 Å². The fourth-order valence-electron chi connectivity index (χ4n) is 3.82. The summed E-state index contributed by atoms with van der Waals surface area (Å²) in [7, 11) is -3.10. The van der Waals surface area contributed by atoms with Crippen molar-refractivity contribution in [3.8, 4) is 0 Å². The molecule has 1 fully saturated rings. The molecule has 0 spiro atoms. The van der Waals surface area contributed by atoms with Gasteiger partial charge in [0.25, 0.3) is 0 Å². The molecule has 152 valence electrons. The van der Waals surface area contributed by atoms with Gasteiger partial charge in [-0.25, -0.2) is 4.79 Å². The van der Waals surface area contributed by atoms with Crippen molar-refractivity contribution in [1.29, 1.82) is 0 Å². The molecule has 0 bridgehead atoms. The third-order valence-electron chi connectivity index (χ3n) is 5.95. The molecular weight excluding hydrogens is 360 g/mol. The Morgan fingerprint density at radius 1 is 1.23 bits per heavy atom. The first-order chi connectivity index (χ1) is 11.8. The van der Waals surface area contributed by atoms with Crippen molar-refractivity contribution in [3.05, 3.63) is 12.2 Å². The normalized spacial score (nSPS) is 27.0. The molecule has 1 heterocycles. The Kier molecular flexibility index (Phi) is 7.91. The predicted molar refractivity (Wildman–Crippen MR) is 113 cm³/mol. The van der Waals surface area contributed by atoms with Gasteiger partial charge in [0.2, 0.25) is 6.29 Å². The third kappa shape index (κ3) is 5.53. The summed E-state index contributed by atoms with van der Waals surface area (Å²) in [6, 6.07) is 1.28. The molecule has 1 saturated heterocycles. The molecule has 0 aliphatic carbocycles. The molecule has 0 radical (unpaired) electrons. The second-order valence-corrected chi connectivity index (χ2v) is 24.6. The van der Waals surface area contributed by atoms with Crippen LogP contribution in [0.3, 0.4) is 0 Å². The van der Waals surface area contributed by atoms with Crippen LogP contribution in [0.1, 0.15) is 53.9 Å². The minimum atomic E-state index is -1.76. The van der Waals surface area contributed by atoms with E-state index >= 15 is 0 Å². The Morgan fingerprint density at radius 2 is 1.81 bits per heavy atom. The molecule has 0 saturated carbocycles. The molecule has 4 nitrogen and oxygen atoms in total. The zero-order valence-corrected chi connectivity index (χ0v) is 20.4. The van der Waals surface area contributed by atoms with Crippen LogP contribution in [0, 0.1) is 5.92 Å². The molecule has 0 N–H and O–H groups in total. The number of hydrogen-bond acceptors (Lipinski definition) is 4. The Morgan fingerprint density at radius 3 is 2.23 bits per heavy atom. The highest BCUT2D eigenvalue weighted by atomic mass is 29.3. The van der Waals surface area contributed by atoms with Gasteiger partial charge < -0.3 is 13.9 Å². The van der Waals surface area contributed by atoms with Gasteiger partial charge >= 0.3 is 5.97 Å². The fraction of sp³-hybridized carbons (Fsp3) is 0.850. The molecule has 6 heteroatoms. The Hall–Kier alpha value is -0.436. The molecule has 1 aliphatic rings. The summed E-state index contributed by atoms with van der Waals surface area (Å²) >= 11 is 0. The topological polar surface area (TPSA) is 44.8 Å². The van der Waals surface area contributed by atoms with Gasteiger partial charge in [-0.15, -0.1) is 0 Å². The number of hydrogen-bond donors (Lipinski definition) is 0. The van der Waals surface area contributed by atoms with E-state index in [9.17, 15) is 4.79 Å². The lowest BCUT2D eigenvalue weighted by Gasteiger charge is -2.55. The summed E-state index contributed by atoms with van der Waals surface area (Å²) in [4.78, 5) is 11.8. The van der Waals surface area contributed by atoms with Crippen molar-refractivity contribution in [2.45, 2.75) is 104 Å². The van der Waals surface area contributed by atoms with Gasteiger partial charge in [0.15, 0.2) is 7.83 Å². The van der Waals surface area contributed by atoms with Gasteiger partial charge in [-0.1, -0.05) is 46.5 Å². The summed E-state index contributed by atoms with van der Waals surface area (Å²) in [6.45, 7) is 23.4. The van der Waals surface area contributed by atoms with Crippen LogP contribution in [0.4, 0.5) is 0 Å². The predicted octanol–water partition coefficient (Wildman–Crippen LogP) is 5.44. The van der Waals surface area contributed by atoms with Gasteiger partial charge in [-0.2, -0.15) is 0 Å². The highest BCUT2D eigenvalue weighted by molar-refractivity contribution is 7.38. The second-order valence-electron chi connectivity index (χ2n) is 9.45. The lowest BCUT2D eigenvalue weighted by atomic mass is 9.83. The minimum Gasteiger partial charge on any atom is -0.433 e. The average molecular weight is 401 g/mol. The van der Waals surface area contributed by atoms with E-state index in [0.717, 1.165) is 19.3 Å². The maximum Gasteiger partial charge on any atom is 0.335 e. The number of carbonyl (C=O) groups is 1. The summed E-state index contributed by atoms with van der Waals surface area (Å²) in [6.07, 6.45) is 2.19. The number of ether oxygens (including phenoxy) is 2. The molecule has 0 aromatic heterocycles. The van der Waals surface area contributed by atoms with E-state index in [1.807, 2.05) is 0 Å². The van der Waals surface area contributed by atoms with Gasteiger partial charge in [0, 0.05) is 5.57 Å². The standard InChI is InChI=1S/C20H40O4Si2/c1-11-18(22-17(6)23-19(21)16(4)5)20(14-15(2)3)12-13-25(7,8)26(9,10)24-20/h15,17-18H,4,11-14H2,1-3,5-10H3. The Labute approximate surface area is 162 Å². The first kappa shape index (κ1) is 23.6. The molecular formula is C20H40O4Si2. The van der Waals surface area contributed by atoms with Crippen LogP contribution in [-0.4, -0.2) is 39.4 Å². The van der Waals surface area contributed by atoms with Crippen LogP contribution in [0.15, 0.2) is 12.2 Å². The number of carbonyl (C=O) groups excluding carboxylic acids is 1. The molecule has 3 unspecified atom stereocenters. The second kappa shape index (κ2) is 8.71. The molecule has 1 rings (SSSR count). The van der Waals surface area contributed by atoms with Crippen LogP contribution in [0.25, 0.3) is 0 Å². The Balaban J connectivity index is 3.05. The molecule has 3 atom stereocenters. The quantitative estimate of drug-likeness (QED) is 0.235. The highest BCUT2D eigenvalue weighted by Crippen LogP contribution is 2.45. The maximum atomic E-state index is 11.8. The zero-order valence-electron chi connectivity index (χ0n) is 18.4. The van der Waals surface area contributed by atoms with Gasteiger partial charge in [-0.3, -0.25) is 0 Å². The van der Waals surface area contributed by atoms with Crippen LogP contribution in [0.5, 0.6) is 0 Å². The van der Waals surface area contributed by atoms with Crippen molar-refractivity contribution < 1.29 is 18.7 Å². The van der Waals surface area contributed by atoms with Crippen LogP contribution >= 0.6 is 0 Å². The van der Waals surface area contributed by atoms with Gasteiger partial charge in [0.1, 0.15) is 0 Å². The Bertz CT molecular complexity index is 516. The third-order valence-corrected chi connectivity index (χ3v) is 22.5.